The van der Waals surface area contributed by atoms with Crippen molar-refractivity contribution < 1.29 is 4.74 Å². The van der Waals surface area contributed by atoms with Crippen molar-refractivity contribution in [1.29, 1.82) is 0 Å². The Balaban J connectivity index is 1.25. The summed E-state index contributed by atoms with van der Waals surface area (Å²) >= 11 is 0. The highest BCUT2D eigenvalue weighted by molar-refractivity contribution is 6.21. The number of benzene rings is 8. The fourth-order valence-corrected chi connectivity index (χ4v) is 7.67. The van der Waals surface area contributed by atoms with Crippen LogP contribution in [0.25, 0.3) is 82.4 Å². The van der Waals surface area contributed by atoms with Crippen LogP contribution in [0.2, 0.25) is 0 Å². The number of hydrogen-bond acceptors (Lipinski definition) is 1. The summed E-state index contributed by atoms with van der Waals surface area (Å²) in [5.41, 5.74) is 10.8. The molecule has 9 aromatic rings. The summed E-state index contributed by atoms with van der Waals surface area (Å²) < 4.78 is 8.85. The molecule has 1 aliphatic heterocycles. The van der Waals surface area contributed by atoms with Crippen molar-refractivity contribution in [2.24, 2.45) is 0 Å². The Bertz CT molecular complexity index is 2660. The fourth-order valence-electron chi connectivity index (χ4n) is 7.67. The first kappa shape index (κ1) is 25.2. The number of rotatable bonds is 3. The molecule has 0 atom stereocenters. The summed E-state index contributed by atoms with van der Waals surface area (Å²) in [5, 5.41) is 7.38. The minimum atomic E-state index is 0.908. The third-order valence-electron chi connectivity index (χ3n) is 9.61. The molecule has 46 heavy (non-hydrogen) atoms. The molecule has 2 heteroatoms. The van der Waals surface area contributed by atoms with E-state index in [1.165, 1.54) is 76.9 Å². The molecule has 0 amide bonds. The van der Waals surface area contributed by atoms with E-state index in [0.29, 0.717) is 0 Å². The molecule has 214 valence electrons. The van der Waals surface area contributed by atoms with Crippen LogP contribution in [0.15, 0.2) is 164 Å². The second-order valence-corrected chi connectivity index (χ2v) is 12.0. The molecule has 10 rings (SSSR count). The SMILES string of the molecule is c1ccc(-n2c3ccccc3c3ccc4c(-c5ccccc5-c5ccc6c7c(cccc57)-c5ccccc5O6)cccc4c32)cc1. The second-order valence-electron chi connectivity index (χ2n) is 12.0. The van der Waals surface area contributed by atoms with E-state index in [9.17, 15) is 0 Å². The van der Waals surface area contributed by atoms with Crippen LogP contribution in [0.1, 0.15) is 0 Å². The zero-order valence-corrected chi connectivity index (χ0v) is 24.9. The third-order valence-corrected chi connectivity index (χ3v) is 9.61. The quantitative estimate of drug-likeness (QED) is 0.201. The standard InChI is InChI=1S/C44H27NO/c1-2-12-28(13-3-1)45-40-22-8-6-16-34(40)39-25-24-33-31(18-10-21-38(33)44(39)45)29-14-4-5-15-30(29)32-26-27-42-43-36(32)19-11-20-37(43)35-17-7-9-23-41(35)46-42/h1-27H. The topological polar surface area (TPSA) is 14.2 Å². The maximum Gasteiger partial charge on any atom is 0.135 e. The number of para-hydroxylation sites is 3. The van der Waals surface area contributed by atoms with E-state index in [2.05, 4.69) is 162 Å². The monoisotopic (exact) mass is 585 g/mol. The molecule has 0 fully saturated rings. The smallest absolute Gasteiger partial charge is 0.135 e. The first-order valence-electron chi connectivity index (χ1n) is 15.8. The van der Waals surface area contributed by atoms with Crippen LogP contribution in [-0.4, -0.2) is 4.57 Å². The Morgan fingerprint density at radius 2 is 0.913 bits per heavy atom. The van der Waals surface area contributed by atoms with Gasteiger partial charge in [0.1, 0.15) is 11.5 Å². The molecule has 0 bridgehead atoms. The van der Waals surface area contributed by atoms with Gasteiger partial charge < -0.3 is 9.30 Å². The first-order valence-corrected chi connectivity index (χ1v) is 15.8. The van der Waals surface area contributed by atoms with Gasteiger partial charge >= 0.3 is 0 Å². The van der Waals surface area contributed by atoms with Gasteiger partial charge in [0.05, 0.1) is 11.0 Å². The number of aromatic nitrogens is 1. The van der Waals surface area contributed by atoms with Gasteiger partial charge in [-0.1, -0.05) is 133 Å². The summed E-state index contributed by atoms with van der Waals surface area (Å²) in [7, 11) is 0. The van der Waals surface area contributed by atoms with E-state index in [1.807, 2.05) is 6.07 Å². The number of ether oxygens (including phenoxy) is 1. The van der Waals surface area contributed by atoms with Gasteiger partial charge in [0.2, 0.25) is 0 Å². The molecule has 2 nitrogen and oxygen atoms in total. The van der Waals surface area contributed by atoms with Crippen molar-refractivity contribution in [3.63, 3.8) is 0 Å². The Hall–Kier alpha value is -6.12. The van der Waals surface area contributed by atoms with Crippen LogP contribution >= 0.6 is 0 Å². The zero-order chi connectivity index (χ0) is 30.2. The van der Waals surface area contributed by atoms with Crippen LogP contribution in [0.4, 0.5) is 0 Å². The number of fused-ring (bicyclic) bond motifs is 7. The van der Waals surface area contributed by atoms with Crippen LogP contribution < -0.4 is 4.74 Å². The molecule has 1 aromatic heterocycles. The predicted octanol–water partition coefficient (Wildman–Crippen LogP) is 12.2. The van der Waals surface area contributed by atoms with E-state index in [-0.39, 0.29) is 0 Å². The van der Waals surface area contributed by atoms with Crippen LogP contribution in [-0.2, 0) is 0 Å². The summed E-state index contributed by atoms with van der Waals surface area (Å²) in [6.07, 6.45) is 0. The van der Waals surface area contributed by atoms with Crippen molar-refractivity contribution in [2.75, 3.05) is 0 Å². The lowest BCUT2D eigenvalue weighted by Gasteiger charge is -2.23. The van der Waals surface area contributed by atoms with Crippen LogP contribution in [0.3, 0.4) is 0 Å². The molecule has 0 saturated heterocycles. The normalized spacial score (nSPS) is 12.1. The Morgan fingerprint density at radius 1 is 0.326 bits per heavy atom. The van der Waals surface area contributed by atoms with Crippen molar-refractivity contribution in [1.82, 2.24) is 4.57 Å². The molecular weight excluding hydrogens is 558 g/mol. The fraction of sp³-hybridized carbons (Fsp3) is 0. The van der Waals surface area contributed by atoms with E-state index in [4.69, 9.17) is 4.74 Å². The average molecular weight is 586 g/mol. The maximum atomic E-state index is 6.42. The lowest BCUT2D eigenvalue weighted by atomic mass is 9.87. The second kappa shape index (κ2) is 9.69. The van der Waals surface area contributed by atoms with Gasteiger partial charge in [-0.25, -0.2) is 0 Å². The van der Waals surface area contributed by atoms with Gasteiger partial charge in [-0.3, -0.25) is 0 Å². The Morgan fingerprint density at radius 3 is 1.76 bits per heavy atom. The van der Waals surface area contributed by atoms with E-state index in [1.54, 1.807) is 0 Å². The lowest BCUT2D eigenvalue weighted by Crippen LogP contribution is -1.98. The van der Waals surface area contributed by atoms with E-state index in [0.717, 1.165) is 17.1 Å². The largest absolute Gasteiger partial charge is 0.456 e. The average Bonchev–Trinajstić information content (AvgIpc) is 3.47. The summed E-state index contributed by atoms with van der Waals surface area (Å²) in [5.74, 6) is 1.82. The molecule has 2 heterocycles. The minimum absolute atomic E-state index is 0.908. The highest BCUT2D eigenvalue weighted by Crippen LogP contribution is 2.50. The van der Waals surface area contributed by atoms with Gasteiger partial charge in [0.15, 0.2) is 0 Å². The Kier molecular flexibility index (Phi) is 5.31. The molecule has 1 aliphatic rings. The minimum Gasteiger partial charge on any atom is -0.456 e. The molecule has 0 unspecified atom stereocenters. The third kappa shape index (κ3) is 3.53. The highest BCUT2D eigenvalue weighted by atomic mass is 16.5. The molecule has 0 aliphatic carbocycles. The van der Waals surface area contributed by atoms with Crippen molar-refractivity contribution >= 4 is 43.4 Å². The summed E-state index contributed by atoms with van der Waals surface area (Å²) in [6, 6.07) is 59.0. The van der Waals surface area contributed by atoms with Gasteiger partial charge in [-0.2, -0.15) is 0 Å². The number of nitrogens with zero attached hydrogens (tertiary/aromatic N) is 1. The van der Waals surface area contributed by atoms with Gasteiger partial charge in [-0.15, -0.1) is 0 Å². The lowest BCUT2D eigenvalue weighted by molar-refractivity contribution is 0.487. The van der Waals surface area contributed by atoms with Crippen molar-refractivity contribution in [3.8, 4) is 50.6 Å². The first-order chi connectivity index (χ1) is 22.8. The van der Waals surface area contributed by atoms with E-state index < -0.39 is 0 Å². The highest BCUT2D eigenvalue weighted by Gasteiger charge is 2.23. The van der Waals surface area contributed by atoms with Crippen LogP contribution in [0.5, 0.6) is 11.5 Å². The molecular formula is C44H27NO. The van der Waals surface area contributed by atoms with Crippen molar-refractivity contribution in [3.05, 3.63) is 164 Å². The molecule has 0 spiro atoms. The van der Waals surface area contributed by atoms with Gasteiger partial charge in [-0.05, 0) is 68.9 Å². The number of hydrogen-bond donors (Lipinski definition) is 0. The van der Waals surface area contributed by atoms with Crippen LogP contribution in [0, 0.1) is 0 Å². The summed E-state index contributed by atoms with van der Waals surface area (Å²) in [4.78, 5) is 0. The van der Waals surface area contributed by atoms with E-state index >= 15 is 0 Å². The van der Waals surface area contributed by atoms with Crippen molar-refractivity contribution in [2.45, 2.75) is 0 Å². The Labute approximate surface area is 266 Å². The van der Waals surface area contributed by atoms with Gasteiger partial charge in [0, 0.05) is 32.8 Å². The van der Waals surface area contributed by atoms with Gasteiger partial charge in [0.25, 0.3) is 0 Å². The zero-order valence-electron chi connectivity index (χ0n) is 24.9. The maximum absolute atomic E-state index is 6.42. The molecule has 8 aromatic carbocycles. The summed E-state index contributed by atoms with van der Waals surface area (Å²) in [6.45, 7) is 0. The molecule has 0 N–H and O–H groups in total. The molecule has 0 saturated carbocycles. The molecule has 0 radical (unpaired) electrons. The predicted molar refractivity (Wildman–Crippen MR) is 192 cm³/mol.